The van der Waals surface area contributed by atoms with Gasteiger partial charge >= 0.3 is 6.18 Å². The molecule has 0 aliphatic heterocycles. The third kappa shape index (κ3) is 2.84. The highest BCUT2D eigenvalue weighted by Crippen LogP contribution is 2.54. The molecule has 2 fully saturated rings. The lowest BCUT2D eigenvalue weighted by atomic mass is 10.0. The molecule has 1 aromatic rings. The Balaban J connectivity index is 1.79. The molecule has 2 aliphatic carbocycles. The number of fused-ring (bicyclic) bond motifs is 1. The number of hydrogen-bond acceptors (Lipinski definition) is 2. The van der Waals surface area contributed by atoms with Crippen LogP contribution in [0.4, 0.5) is 18.9 Å². The van der Waals surface area contributed by atoms with E-state index in [2.05, 4.69) is 5.32 Å². The van der Waals surface area contributed by atoms with Gasteiger partial charge < -0.3 is 10.1 Å². The Morgan fingerprint density at radius 2 is 1.90 bits per heavy atom. The van der Waals surface area contributed by atoms with Gasteiger partial charge in [0.25, 0.3) is 0 Å². The van der Waals surface area contributed by atoms with E-state index in [1.807, 2.05) is 0 Å². The lowest BCUT2D eigenvalue weighted by Crippen LogP contribution is -2.23. The highest BCUT2D eigenvalue weighted by Gasteiger charge is 2.48. The molecule has 1 amide bonds. The van der Waals surface area contributed by atoms with Gasteiger partial charge in [0, 0.05) is 5.92 Å². The minimum atomic E-state index is -4.53. The minimum absolute atomic E-state index is 0.113. The van der Waals surface area contributed by atoms with Gasteiger partial charge in [-0.3, -0.25) is 4.79 Å². The van der Waals surface area contributed by atoms with Crippen molar-refractivity contribution in [3.05, 3.63) is 23.8 Å². The van der Waals surface area contributed by atoms with Crippen LogP contribution in [0, 0.1) is 17.8 Å². The first-order chi connectivity index (χ1) is 9.88. The molecule has 21 heavy (non-hydrogen) atoms. The zero-order chi connectivity index (χ0) is 15.2. The standard InChI is InChI=1S/C15H16F3NO2/c1-21-11-2-3-13(12(7-11)15(16,17)18)19-14(20)10-5-8-4-9(8)6-10/h2-3,7-10H,4-6H2,1H3,(H,19,20). The van der Waals surface area contributed by atoms with Gasteiger partial charge in [-0.25, -0.2) is 0 Å². The normalized spacial score (nSPS) is 27.1. The summed E-state index contributed by atoms with van der Waals surface area (Å²) in [6.45, 7) is 0. The number of alkyl halides is 3. The Morgan fingerprint density at radius 3 is 2.48 bits per heavy atom. The summed E-state index contributed by atoms with van der Waals surface area (Å²) in [4.78, 5) is 12.1. The van der Waals surface area contributed by atoms with Crippen molar-refractivity contribution in [1.29, 1.82) is 0 Å². The summed E-state index contributed by atoms with van der Waals surface area (Å²) in [7, 11) is 1.30. The zero-order valence-electron chi connectivity index (χ0n) is 11.5. The monoisotopic (exact) mass is 299 g/mol. The summed E-state index contributed by atoms with van der Waals surface area (Å²) in [6.07, 6.45) is -1.77. The van der Waals surface area contributed by atoms with Crippen LogP contribution in [0.2, 0.25) is 0 Å². The van der Waals surface area contributed by atoms with Crippen LogP contribution in [0.15, 0.2) is 18.2 Å². The number of carbonyl (C=O) groups excluding carboxylic acids is 1. The number of amides is 1. The van der Waals surface area contributed by atoms with Crippen LogP contribution in [-0.4, -0.2) is 13.0 Å². The Labute approximate surface area is 120 Å². The molecular weight excluding hydrogens is 283 g/mol. The van der Waals surface area contributed by atoms with Crippen LogP contribution in [0.1, 0.15) is 24.8 Å². The van der Waals surface area contributed by atoms with E-state index in [0.29, 0.717) is 11.8 Å². The molecule has 2 aliphatic rings. The molecule has 0 spiro atoms. The number of nitrogens with one attached hydrogen (secondary N) is 1. The maximum absolute atomic E-state index is 13.1. The number of rotatable bonds is 3. The fraction of sp³-hybridized carbons (Fsp3) is 0.533. The van der Waals surface area contributed by atoms with Gasteiger partial charge in [0.1, 0.15) is 5.75 Å². The van der Waals surface area contributed by atoms with E-state index in [9.17, 15) is 18.0 Å². The van der Waals surface area contributed by atoms with E-state index in [1.165, 1.54) is 25.7 Å². The van der Waals surface area contributed by atoms with Gasteiger partial charge in [-0.2, -0.15) is 13.2 Å². The van der Waals surface area contributed by atoms with Crippen LogP contribution < -0.4 is 10.1 Å². The molecule has 0 aromatic heterocycles. The molecule has 2 saturated carbocycles. The summed E-state index contributed by atoms with van der Waals surface area (Å²) in [5.41, 5.74) is -1.08. The molecule has 3 rings (SSSR count). The molecule has 6 heteroatoms. The molecular formula is C15H16F3NO2. The van der Waals surface area contributed by atoms with Crippen molar-refractivity contribution in [1.82, 2.24) is 0 Å². The molecule has 0 heterocycles. The molecule has 0 bridgehead atoms. The molecule has 0 radical (unpaired) electrons. The van der Waals surface area contributed by atoms with Crippen molar-refractivity contribution >= 4 is 11.6 Å². The Hall–Kier alpha value is -1.72. The second-order valence-electron chi connectivity index (χ2n) is 5.82. The Morgan fingerprint density at radius 1 is 1.24 bits per heavy atom. The van der Waals surface area contributed by atoms with Gasteiger partial charge in [-0.05, 0) is 49.3 Å². The quantitative estimate of drug-likeness (QED) is 0.924. The predicted molar refractivity (Wildman–Crippen MR) is 70.9 cm³/mol. The second-order valence-corrected chi connectivity index (χ2v) is 5.82. The number of benzene rings is 1. The molecule has 2 unspecified atom stereocenters. The summed E-state index contributed by atoms with van der Waals surface area (Å²) < 4.78 is 44.0. The van der Waals surface area contributed by atoms with Crippen LogP contribution in [-0.2, 0) is 11.0 Å². The molecule has 0 saturated heterocycles. The lowest BCUT2D eigenvalue weighted by Gasteiger charge is -2.17. The summed E-state index contributed by atoms with van der Waals surface area (Å²) in [5.74, 6) is 0.870. The van der Waals surface area contributed by atoms with Crippen molar-refractivity contribution < 1.29 is 22.7 Å². The number of anilines is 1. The Bertz CT molecular complexity index is 561. The lowest BCUT2D eigenvalue weighted by molar-refractivity contribution is -0.137. The average molecular weight is 299 g/mol. The topological polar surface area (TPSA) is 38.3 Å². The second kappa shape index (κ2) is 4.93. The largest absolute Gasteiger partial charge is 0.497 e. The average Bonchev–Trinajstić information content (AvgIpc) is 3.04. The molecule has 2 atom stereocenters. The first kappa shape index (κ1) is 14.2. The third-order valence-electron chi connectivity index (χ3n) is 4.40. The van der Waals surface area contributed by atoms with Crippen molar-refractivity contribution in [3.8, 4) is 5.75 Å². The van der Waals surface area contributed by atoms with Gasteiger partial charge in [0.2, 0.25) is 5.91 Å². The van der Waals surface area contributed by atoms with E-state index in [0.717, 1.165) is 18.9 Å². The van der Waals surface area contributed by atoms with Crippen LogP contribution >= 0.6 is 0 Å². The Kier molecular flexibility index (Phi) is 3.34. The van der Waals surface area contributed by atoms with E-state index in [4.69, 9.17) is 4.74 Å². The van der Waals surface area contributed by atoms with Crippen LogP contribution in [0.5, 0.6) is 5.75 Å². The van der Waals surface area contributed by atoms with Crippen molar-refractivity contribution in [2.75, 3.05) is 12.4 Å². The number of methoxy groups -OCH3 is 1. The molecule has 1 N–H and O–H groups in total. The van der Waals surface area contributed by atoms with Gasteiger partial charge in [0.05, 0.1) is 18.4 Å². The number of halogens is 3. The van der Waals surface area contributed by atoms with Crippen LogP contribution in [0.3, 0.4) is 0 Å². The SMILES string of the molecule is COc1ccc(NC(=O)C2CC3CC3C2)c(C(F)(F)F)c1. The minimum Gasteiger partial charge on any atom is -0.497 e. The van der Waals surface area contributed by atoms with Crippen molar-refractivity contribution in [3.63, 3.8) is 0 Å². The maximum Gasteiger partial charge on any atom is 0.418 e. The van der Waals surface area contributed by atoms with Crippen molar-refractivity contribution in [2.45, 2.75) is 25.4 Å². The van der Waals surface area contributed by atoms with Gasteiger partial charge in [0.15, 0.2) is 0 Å². The summed E-state index contributed by atoms with van der Waals surface area (Å²) in [5, 5.41) is 2.44. The summed E-state index contributed by atoms with van der Waals surface area (Å²) >= 11 is 0. The molecule has 114 valence electrons. The van der Waals surface area contributed by atoms with E-state index >= 15 is 0 Å². The molecule has 1 aromatic carbocycles. The maximum atomic E-state index is 13.1. The fourth-order valence-electron chi connectivity index (χ4n) is 3.16. The van der Waals surface area contributed by atoms with Gasteiger partial charge in [-0.1, -0.05) is 0 Å². The third-order valence-corrected chi connectivity index (χ3v) is 4.40. The highest BCUT2D eigenvalue weighted by molar-refractivity contribution is 5.93. The highest BCUT2D eigenvalue weighted by atomic mass is 19.4. The van der Waals surface area contributed by atoms with E-state index < -0.39 is 11.7 Å². The van der Waals surface area contributed by atoms with E-state index in [1.54, 1.807) is 0 Å². The smallest absolute Gasteiger partial charge is 0.418 e. The fourth-order valence-corrected chi connectivity index (χ4v) is 3.16. The molecule has 3 nitrogen and oxygen atoms in total. The first-order valence-corrected chi connectivity index (χ1v) is 6.94. The summed E-state index contributed by atoms with van der Waals surface area (Å²) in [6, 6.07) is 3.56. The van der Waals surface area contributed by atoms with Crippen LogP contribution in [0.25, 0.3) is 0 Å². The number of ether oxygens (including phenoxy) is 1. The first-order valence-electron chi connectivity index (χ1n) is 6.94. The zero-order valence-corrected chi connectivity index (χ0v) is 11.5. The predicted octanol–water partition coefficient (Wildman–Crippen LogP) is 3.70. The van der Waals surface area contributed by atoms with E-state index in [-0.39, 0.29) is 23.3 Å². The number of carbonyl (C=O) groups is 1. The van der Waals surface area contributed by atoms with Crippen molar-refractivity contribution in [2.24, 2.45) is 17.8 Å². The number of hydrogen-bond donors (Lipinski definition) is 1. The van der Waals surface area contributed by atoms with Gasteiger partial charge in [-0.15, -0.1) is 0 Å².